The van der Waals surface area contributed by atoms with Gasteiger partial charge < -0.3 is 24.7 Å². The number of nitrogens with one attached hydrogen (secondary N) is 2. The highest BCUT2D eigenvalue weighted by Gasteiger charge is 2.15. The first-order valence-electron chi connectivity index (χ1n) is 10.1. The zero-order chi connectivity index (χ0) is 18.5. The molecule has 0 aromatic carbocycles. The first kappa shape index (κ1) is 24.2. The van der Waals surface area contributed by atoms with E-state index in [1.165, 1.54) is 32.5 Å². The van der Waals surface area contributed by atoms with Gasteiger partial charge in [0.15, 0.2) is 5.96 Å². The minimum atomic E-state index is 0. The lowest BCUT2D eigenvalue weighted by molar-refractivity contribution is 0.105. The molecule has 0 radical (unpaired) electrons. The van der Waals surface area contributed by atoms with Crippen molar-refractivity contribution in [2.24, 2.45) is 10.9 Å². The van der Waals surface area contributed by atoms with Crippen molar-refractivity contribution < 1.29 is 9.15 Å². The van der Waals surface area contributed by atoms with E-state index in [4.69, 9.17) is 9.15 Å². The van der Waals surface area contributed by atoms with E-state index in [9.17, 15) is 0 Å². The quantitative estimate of drug-likeness (QED) is 0.214. The molecule has 2 rings (SSSR count). The molecule has 0 amide bonds. The minimum Gasteiger partial charge on any atom is -0.467 e. The van der Waals surface area contributed by atoms with Crippen LogP contribution in [0.25, 0.3) is 0 Å². The summed E-state index contributed by atoms with van der Waals surface area (Å²) in [6.45, 7) is 12.0. The van der Waals surface area contributed by atoms with Gasteiger partial charge in [0.25, 0.3) is 0 Å². The number of ether oxygens (including phenoxy) is 1. The molecule has 1 aliphatic rings. The number of furan rings is 1. The van der Waals surface area contributed by atoms with E-state index >= 15 is 0 Å². The van der Waals surface area contributed by atoms with E-state index < -0.39 is 0 Å². The molecule has 0 saturated carbocycles. The molecule has 7 heteroatoms. The van der Waals surface area contributed by atoms with E-state index in [-0.39, 0.29) is 24.0 Å². The van der Waals surface area contributed by atoms with E-state index in [1.807, 2.05) is 12.1 Å². The Morgan fingerprint density at radius 3 is 3.00 bits per heavy atom. The predicted octanol–water partition coefficient (Wildman–Crippen LogP) is 3.48. The Labute approximate surface area is 181 Å². The van der Waals surface area contributed by atoms with Crippen LogP contribution in [0.15, 0.2) is 27.8 Å². The lowest BCUT2D eigenvalue weighted by Crippen LogP contribution is -2.40. The fourth-order valence-corrected chi connectivity index (χ4v) is 3.27. The van der Waals surface area contributed by atoms with Crippen LogP contribution in [0.1, 0.15) is 45.3 Å². The van der Waals surface area contributed by atoms with Crippen LogP contribution in [0.5, 0.6) is 0 Å². The van der Waals surface area contributed by atoms with Gasteiger partial charge in [0.2, 0.25) is 0 Å². The number of likely N-dealkylation sites (tertiary alicyclic amines) is 1. The average molecular weight is 492 g/mol. The molecule has 1 saturated heterocycles. The largest absolute Gasteiger partial charge is 0.467 e. The Balaban J connectivity index is 0.00000364. The number of piperidine rings is 1. The summed E-state index contributed by atoms with van der Waals surface area (Å²) in [6, 6.07) is 3.80. The van der Waals surface area contributed by atoms with Gasteiger partial charge in [0.1, 0.15) is 12.4 Å². The molecule has 1 atom stereocenters. The highest BCUT2D eigenvalue weighted by Crippen LogP contribution is 2.15. The van der Waals surface area contributed by atoms with E-state index in [0.717, 1.165) is 50.1 Å². The first-order valence-corrected chi connectivity index (χ1v) is 10.1. The Bertz CT molecular complexity index is 496. The van der Waals surface area contributed by atoms with Crippen LogP contribution in [0, 0.1) is 5.92 Å². The van der Waals surface area contributed by atoms with E-state index in [2.05, 4.69) is 34.4 Å². The normalized spacial score (nSPS) is 18.1. The minimum absolute atomic E-state index is 0. The summed E-state index contributed by atoms with van der Waals surface area (Å²) in [4.78, 5) is 7.22. The Kier molecular flexibility index (Phi) is 13.6. The highest BCUT2D eigenvalue weighted by molar-refractivity contribution is 14.0. The monoisotopic (exact) mass is 492 g/mol. The van der Waals surface area contributed by atoms with Crippen LogP contribution in [0.4, 0.5) is 0 Å². The van der Waals surface area contributed by atoms with E-state index in [0.29, 0.717) is 13.2 Å². The number of nitrogens with zero attached hydrogens (tertiary/aromatic N) is 2. The van der Waals surface area contributed by atoms with Crippen molar-refractivity contribution in [3.8, 4) is 0 Å². The second-order valence-corrected chi connectivity index (χ2v) is 7.07. The zero-order valence-corrected chi connectivity index (χ0v) is 19.2. The van der Waals surface area contributed by atoms with Gasteiger partial charge in [-0.1, -0.05) is 6.92 Å². The third kappa shape index (κ3) is 10.9. The number of guanidine groups is 1. The lowest BCUT2D eigenvalue weighted by atomic mass is 10.0. The van der Waals surface area contributed by atoms with Crippen molar-refractivity contribution in [1.29, 1.82) is 0 Å². The van der Waals surface area contributed by atoms with Crippen molar-refractivity contribution in [3.63, 3.8) is 0 Å². The number of aliphatic imine (C=N–C) groups is 1. The molecule has 6 nitrogen and oxygen atoms in total. The zero-order valence-electron chi connectivity index (χ0n) is 16.9. The summed E-state index contributed by atoms with van der Waals surface area (Å²) in [5.74, 6) is 2.63. The van der Waals surface area contributed by atoms with Crippen LogP contribution >= 0.6 is 24.0 Å². The summed E-state index contributed by atoms with van der Waals surface area (Å²) in [7, 11) is 0. The van der Waals surface area contributed by atoms with Gasteiger partial charge in [0, 0.05) is 32.8 Å². The maximum absolute atomic E-state index is 5.58. The molecule has 27 heavy (non-hydrogen) atoms. The van der Waals surface area contributed by atoms with Crippen molar-refractivity contribution in [1.82, 2.24) is 15.5 Å². The molecule has 2 heterocycles. The van der Waals surface area contributed by atoms with Crippen LogP contribution in [-0.4, -0.2) is 56.7 Å². The smallest absolute Gasteiger partial charge is 0.191 e. The number of hydrogen-bond acceptors (Lipinski definition) is 4. The van der Waals surface area contributed by atoms with Gasteiger partial charge in [-0.3, -0.25) is 4.99 Å². The molecule has 1 fully saturated rings. The van der Waals surface area contributed by atoms with Crippen LogP contribution in [0.2, 0.25) is 0 Å². The average Bonchev–Trinajstić information content (AvgIpc) is 3.15. The molecule has 1 aromatic heterocycles. The van der Waals surface area contributed by atoms with Crippen molar-refractivity contribution in [2.75, 3.05) is 45.9 Å². The number of rotatable bonds is 11. The van der Waals surface area contributed by atoms with Crippen LogP contribution in [0.3, 0.4) is 0 Å². The topological polar surface area (TPSA) is 62.0 Å². The fraction of sp³-hybridized carbons (Fsp3) is 0.750. The third-order valence-corrected chi connectivity index (χ3v) is 4.57. The Morgan fingerprint density at radius 2 is 2.26 bits per heavy atom. The summed E-state index contributed by atoms with van der Waals surface area (Å²) in [6.07, 6.45) is 6.47. The molecule has 1 unspecified atom stereocenters. The van der Waals surface area contributed by atoms with Crippen LogP contribution < -0.4 is 10.6 Å². The molecule has 1 aliphatic heterocycles. The molecular weight excluding hydrogens is 455 g/mol. The van der Waals surface area contributed by atoms with Crippen molar-refractivity contribution >= 4 is 29.9 Å². The Hall–Kier alpha value is -0.800. The first-order chi connectivity index (χ1) is 12.8. The number of halogens is 1. The summed E-state index contributed by atoms with van der Waals surface area (Å²) < 4.78 is 10.8. The summed E-state index contributed by atoms with van der Waals surface area (Å²) in [5, 5.41) is 6.75. The maximum Gasteiger partial charge on any atom is 0.191 e. The molecule has 0 aliphatic carbocycles. The molecular formula is C20H37IN4O2. The Morgan fingerprint density at radius 1 is 1.37 bits per heavy atom. The molecule has 156 valence electrons. The SMILES string of the molecule is CCNC(=NCCCOCc1ccco1)NCCCN1CCCC(C)C1.I. The third-order valence-electron chi connectivity index (χ3n) is 4.57. The van der Waals surface area contributed by atoms with Crippen molar-refractivity contribution in [2.45, 2.75) is 46.1 Å². The lowest BCUT2D eigenvalue weighted by Gasteiger charge is -2.30. The van der Waals surface area contributed by atoms with Crippen LogP contribution in [-0.2, 0) is 11.3 Å². The van der Waals surface area contributed by atoms with Gasteiger partial charge in [-0.2, -0.15) is 0 Å². The van der Waals surface area contributed by atoms with Gasteiger partial charge in [-0.15, -0.1) is 24.0 Å². The second-order valence-electron chi connectivity index (χ2n) is 7.07. The van der Waals surface area contributed by atoms with Gasteiger partial charge >= 0.3 is 0 Å². The summed E-state index contributed by atoms with van der Waals surface area (Å²) >= 11 is 0. The van der Waals surface area contributed by atoms with Gasteiger partial charge in [-0.05, 0) is 63.7 Å². The molecule has 2 N–H and O–H groups in total. The molecule has 1 aromatic rings. The maximum atomic E-state index is 5.58. The number of hydrogen-bond donors (Lipinski definition) is 2. The highest BCUT2D eigenvalue weighted by atomic mass is 127. The molecule has 0 spiro atoms. The molecule has 0 bridgehead atoms. The van der Waals surface area contributed by atoms with Crippen molar-refractivity contribution in [3.05, 3.63) is 24.2 Å². The van der Waals surface area contributed by atoms with Gasteiger partial charge in [0.05, 0.1) is 6.26 Å². The summed E-state index contributed by atoms with van der Waals surface area (Å²) in [5.41, 5.74) is 0. The predicted molar refractivity (Wildman–Crippen MR) is 122 cm³/mol. The second kappa shape index (κ2) is 15.2. The standard InChI is InChI=1S/C20H36N4O2.HI/c1-3-21-20(22-10-6-13-24-12-4-8-18(2)16-24)23-11-7-14-25-17-19-9-5-15-26-19;/h5,9,15,18H,3-4,6-8,10-14,16-17H2,1-2H3,(H2,21,22,23);1H. The van der Waals surface area contributed by atoms with E-state index in [1.54, 1.807) is 6.26 Å². The fourth-order valence-electron chi connectivity index (χ4n) is 3.27. The van der Waals surface area contributed by atoms with Gasteiger partial charge in [-0.25, -0.2) is 0 Å².